The average molecular weight is 389 g/mol. The Balaban J connectivity index is 0.00000208. The van der Waals surface area contributed by atoms with Gasteiger partial charge in [0.2, 0.25) is 0 Å². The van der Waals surface area contributed by atoms with E-state index in [-0.39, 0.29) is 18.3 Å². The van der Waals surface area contributed by atoms with Crippen LogP contribution >= 0.6 is 35.3 Å². The van der Waals surface area contributed by atoms with Crippen LogP contribution in [-0.2, 0) is 16.9 Å². The van der Waals surface area contributed by atoms with Gasteiger partial charge in [0.05, 0.1) is 10.9 Å². The van der Waals surface area contributed by atoms with Crippen LogP contribution in [-0.4, -0.2) is 40.2 Å². The molecule has 1 amide bonds. The Morgan fingerprint density at radius 3 is 2.75 bits per heavy atom. The van der Waals surface area contributed by atoms with Crippen LogP contribution in [0.15, 0.2) is 30.6 Å². The number of rotatable bonds is 5. The third-order valence-corrected chi connectivity index (χ3v) is 5.63. The maximum Gasteiger partial charge on any atom is 0.250 e. The summed E-state index contributed by atoms with van der Waals surface area (Å²) in [7, 11) is 0. The van der Waals surface area contributed by atoms with Crippen LogP contribution in [0.5, 0.6) is 0 Å². The van der Waals surface area contributed by atoms with Crippen LogP contribution in [0, 0.1) is 0 Å². The van der Waals surface area contributed by atoms with Crippen molar-refractivity contribution in [2.75, 3.05) is 19.6 Å². The molecule has 0 atom stereocenters. The smallest absolute Gasteiger partial charge is 0.250 e. The van der Waals surface area contributed by atoms with Crippen LogP contribution in [0.4, 0.5) is 0 Å². The maximum atomic E-state index is 13.4. The second-order valence-corrected chi connectivity index (χ2v) is 7.56. The highest BCUT2D eigenvalue weighted by Gasteiger charge is 2.44. The fraction of sp³-hybridized carbons (Fsp3) is 0.500. The van der Waals surface area contributed by atoms with Crippen LogP contribution in [0.2, 0.25) is 4.34 Å². The fourth-order valence-corrected chi connectivity index (χ4v) is 4.25. The maximum absolute atomic E-state index is 13.4. The van der Waals surface area contributed by atoms with Gasteiger partial charge in [-0.1, -0.05) is 11.6 Å². The molecule has 0 spiro atoms. The van der Waals surface area contributed by atoms with Gasteiger partial charge in [-0.05, 0) is 51.1 Å². The highest BCUT2D eigenvalue weighted by molar-refractivity contribution is 7.16. The molecule has 8 heteroatoms. The molecule has 0 bridgehead atoms. The van der Waals surface area contributed by atoms with Gasteiger partial charge >= 0.3 is 0 Å². The first-order valence-electron chi connectivity index (χ1n) is 7.90. The number of aromatic nitrogens is 2. The largest absolute Gasteiger partial charge is 0.336 e. The number of carbonyl (C=O) groups is 1. The van der Waals surface area contributed by atoms with Crippen molar-refractivity contribution in [3.63, 3.8) is 0 Å². The highest BCUT2D eigenvalue weighted by atomic mass is 35.5. The Bertz CT molecular complexity index is 653. The standard InChI is InChI=1S/C16H21ClN4OS.ClH/c1-2-20(12-13-4-5-14(17)23-13)15(22)16(6-9-18-10-7-16)21-11-3-8-19-21;/h3-5,8,11,18H,2,6-7,9-10,12H2,1H3;1H. The van der Waals surface area contributed by atoms with E-state index in [4.69, 9.17) is 11.6 Å². The zero-order chi connectivity index (χ0) is 16.3. The third-order valence-electron chi connectivity index (χ3n) is 4.42. The first-order valence-corrected chi connectivity index (χ1v) is 9.09. The molecule has 1 N–H and O–H groups in total. The topological polar surface area (TPSA) is 50.2 Å². The molecular formula is C16H22Cl2N4OS. The molecule has 2 aromatic rings. The minimum absolute atomic E-state index is 0. The molecule has 3 heterocycles. The molecule has 2 aromatic heterocycles. The van der Waals surface area contributed by atoms with Crippen molar-refractivity contribution >= 4 is 41.3 Å². The van der Waals surface area contributed by atoms with Crippen LogP contribution in [0.25, 0.3) is 0 Å². The summed E-state index contributed by atoms with van der Waals surface area (Å²) in [5.74, 6) is 0.148. The van der Waals surface area contributed by atoms with Gasteiger partial charge in [0.25, 0.3) is 5.91 Å². The Morgan fingerprint density at radius 1 is 1.46 bits per heavy atom. The van der Waals surface area contributed by atoms with E-state index in [0.717, 1.165) is 35.1 Å². The van der Waals surface area contributed by atoms with Gasteiger partial charge in [0.1, 0.15) is 5.54 Å². The van der Waals surface area contributed by atoms with Crippen molar-refractivity contribution < 1.29 is 4.79 Å². The Kier molecular flexibility index (Phi) is 6.69. The first kappa shape index (κ1) is 19.2. The van der Waals surface area contributed by atoms with Gasteiger partial charge in [-0.15, -0.1) is 23.7 Å². The molecule has 0 saturated carbocycles. The number of hydrogen-bond donors (Lipinski definition) is 1. The number of hydrogen-bond acceptors (Lipinski definition) is 4. The predicted octanol–water partition coefficient (Wildman–Crippen LogP) is 3.15. The quantitative estimate of drug-likeness (QED) is 0.855. The summed E-state index contributed by atoms with van der Waals surface area (Å²) in [6.07, 6.45) is 5.16. The molecule has 1 saturated heterocycles. The van der Waals surface area contributed by atoms with Crippen molar-refractivity contribution in [2.24, 2.45) is 0 Å². The summed E-state index contributed by atoms with van der Waals surface area (Å²) in [4.78, 5) is 16.4. The molecule has 5 nitrogen and oxygen atoms in total. The Morgan fingerprint density at radius 2 is 2.21 bits per heavy atom. The average Bonchev–Trinajstić information content (AvgIpc) is 3.24. The normalized spacial score (nSPS) is 16.4. The van der Waals surface area contributed by atoms with E-state index in [9.17, 15) is 4.79 Å². The van der Waals surface area contributed by atoms with E-state index in [1.807, 2.05) is 40.9 Å². The molecule has 0 radical (unpaired) electrons. The molecule has 3 rings (SSSR count). The first-order chi connectivity index (χ1) is 11.2. The molecule has 0 unspecified atom stereocenters. The second kappa shape index (κ2) is 8.34. The number of likely N-dealkylation sites (N-methyl/N-ethyl adjacent to an activating group) is 1. The number of piperidine rings is 1. The van der Waals surface area contributed by atoms with E-state index in [1.165, 1.54) is 11.3 Å². The fourth-order valence-electron chi connectivity index (χ4n) is 3.15. The summed E-state index contributed by atoms with van der Waals surface area (Å²) in [5.41, 5.74) is -0.578. The Labute approximate surface area is 157 Å². The predicted molar refractivity (Wildman–Crippen MR) is 100.0 cm³/mol. The number of nitrogens with zero attached hydrogens (tertiary/aromatic N) is 3. The SMILES string of the molecule is CCN(Cc1ccc(Cl)s1)C(=O)C1(n2cccn2)CCNCC1.Cl. The van der Waals surface area contributed by atoms with E-state index < -0.39 is 5.54 Å². The van der Waals surface area contributed by atoms with Crippen molar-refractivity contribution in [3.8, 4) is 0 Å². The Hall–Kier alpha value is -1.08. The molecule has 0 aromatic carbocycles. The lowest BCUT2D eigenvalue weighted by molar-refractivity contribution is -0.143. The number of nitrogens with one attached hydrogen (secondary N) is 1. The lowest BCUT2D eigenvalue weighted by Crippen LogP contribution is -2.55. The summed E-state index contributed by atoms with van der Waals surface area (Å²) >= 11 is 7.55. The van der Waals surface area contributed by atoms with Crippen LogP contribution in [0.3, 0.4) is 0 Å². The monoisotopic (exact) mass is 388 g/mol. The molecular weight excluding hydrogens is 367 g/mol. The van der Waals surface area contributed by atoms with Gasteiger partial charge in [-0.3, -0.25) is 9.48 Å². The van der Waals surface area contributed by atoms with E-state index in [0.29, 0.717) is 13.1 Å². The minimum Gasteiger partial charge on any atom is -0.336 e. The van der Waals surface area contributed by atoms with Crippen LogP contribution in [0.1, 0.15) is 24.6 Å². The lowest BCUT2D eigenvalue weighted by atomic mass is 9.86. The lowest BCUT2D eigenvalue weighted by Gasteiger charge is -2.40. The molecule has 24 heavy (non-hydrogen) atoms. The minimum atomic E-state index is -0.578. The van der Waals surface area contributed by atoms with Crippen LogP contribution < -0.4 is 5.32 Å². The molecule has 0 aliphatic carbocycles. The van der Waals surface area contributed by atoms with E-state index >= 15 is 0 Å². The van der Waals surface area contributed by atoms with Crippen molar-refractivity contribution in [3.05, 3.63) is 39.8 Å². The van der Waals surface area contributed by atoms with Gasteiger partial charge in [0.15, 0.2) is 0 Å². The summed E-state index contributed by atoms with van der Waals surface area (Å²) in [6.45, 7) is 4.95. The van der Waals surface area contributed by atoms with E-state index in [2.05, 4.69) is 10.4 Å². The summed E-state index contributed by atoms with van der Waals surface area (Å²) in [6, 6.07) is 5.76. The number of amides is 1. The number of carbonyl (C=O) groups excluding carboxylic acids is 1. The summed E-state index contributed by atoms with van der Waals surface area (Å²) in [5, 5.41) is 7.72. The summed E-state index contributed by atoms with van der Waals surface area (Å²) < 4.78 is 2.60. The van der Waals surface area contributed by atoms with Crippen molar-refractivity contribution in [1.29, 1.82) is 0 Å². The zero-order valence-electron chi connectivity index (χ0n) is 13.6. The molecule has 1 aliphatic heterocycles. The highest BCUT2D eigenvalue weighted by Crippen LogP contribution is 2.31. The van der Waals surface area contributed by atoms with Crippen molar-refractivity contribution in [1.82, 2.24) is 20.0 Å². The third kappa shape index (κ3) is 3.77. The molecule has 1 aliphatic rings. The van der Waals surface area contributed by atoms with E-state index in [1.54, 1.807) is 6.20 Å². The molecule has 132 valence electrons. The zero-order valence-corrected chi connectivity index (χ0v) is 16.0. The van der Waals surface area contributed by atoms with Gasteiger partial charge in [0, 0.05) is 23.8 Å². The van der Waals surface area contributed by atoms with Gasteiger partial charge in [-0.2, -0.15) is 5.10 Å². The number of halogens is 2. The second-order valence-electron chi connectivity index (χ2n) is 5.76. The van der Waals surface area contributed by atoms with Gasteiger partial charge < -0.3 is 10.2 Å². The number of thiophene rings is 1. The van der Waals surface area contributed by atoms with Crippen molar-refractivity contribution in [2.45, 2.75) is 31.8 Å². The molecule has 1 fully saturated rings. The van der Waals surface area contributed by atoms with Gasteiger partial charge in [-0.25, -0.2) is 0 Å².